The van der Waals surface area contributed by atoms with Crippen LogP contribution in [0.5, 0.6) is 5.75 Å². The molecule has 0 aliphatic rings. The van der Waals surface area contributed by atoms with Crippen LogP contribution in [0.1, 0.15) is 43.0 Å². The Bertz CT molecular complexity index is 884. The second-order valence-electron chi connectivity index (χ2n) is 6.89. The molecule has 0 spiro atoms. The summed E-state index contributed by atoms with van der Waals surface area (Å²) in [7, 11) is -3.24. The van der Waals surface area contributed by atoms with E-state index in [0.29, 0.717) is 12.2 Å². The Hall–Kier alpha value is -2.34. The van der Waals surface area contributed by atoms with Crippen LogP contribution in [0.15, 0.2) is 47.4 Å². The number of carbonyl (C=O) groups is 1. The molecule has 0 aromatic heterocycles. The van der Waals surface area contributed by atoms with Gasteiger partial charge in [-0.05, 0) is 68.1 Å². The van der Waals surface area contributed by atoms with Crippen molar-refractivity contribution in [1.82, 2.24) is 5.32 Å². The van der Waals surface area contributed by atoms with Crippen molar-refractivity contribution in [3.63, 3.8) is 0 Å². The highest BCUT2D eigenvalue weighted by atomic mass is 32.2. The second kappa shape index (κ2) is 8.57. The number of hydrogen-bond donors (Lipinski definition) is 1. The van der Waals surface area contributed by atoms with Crippen LogP contribution in [0.2, 0.25) is 0 Å². The monoisotopic (exact) mass is 389 g/mol. The zero-order valence-corrected chi connectivity index (χ0v) is 17.3. The van der Waals surface area contributed by atoms with E-state index in [2.05, 4.69) is 5.32 Å². The van der Waals surface area contributed by atoms with Gasteiger partial charge >= 0.3 is 0 Å². The Balaban J connectivity index is 2.07. The molecule has 5 nitrogen and oxygen atoms in total. The molecule has 0 radical (unpaired) electrons. The molecule has 2 rings (SSSR count). The van der Waals surface area contributed by atoms with Gasteiger partial charge in [-0.2, -0.15) is 0 Å². The molecule has 0 saturated heterocycles. The Kier molecular flexibility index (Phi) is 6.65. The van der Waals surface area contributed by atoms with E-state index in [4.69, 9.17) is 4.74 Å². The fraction of sp³-hybridized carbons (Fsp3) is 0.381. The summed E-state index contributed by atoms with van der Waals surface area (Å²) >= 11 is 0. The summed E-state index contributed by atoms with van der Waals surface area (Å²) < 4.78 is 29.0. The molecule has 27 heavy (non-hydrogen) atoms. The van der Waals surface area contributed by atoms with Crippen LogP contribution >= 0.6 is 0 Å². The van der Waals surface area contributed by atoms with E-state index in [9.17, 15) is 13.2 Å². The summed E-state index contributed by atoms with van der Waals surface area (Å²) in [6, 6.07) is 12.2. The number of ether oxygens (including phenoxy) is 1. The first-order valence-electron chi connectivity index (χ1n) is 8.95. The summed E-state index contributed by atoms with van der Waals surface area (Å²) in [6.07, 6.45) is 1.21. The highest BCUT2D eigenvalue weighted by Crippen LogP contribution is 2.21. The Morgan fingerprint density at radius 2 is 1.63 bits per heavy atom. The van der Waals surface area contributed by atoms with Gasteiger partial charge in [0.25, 0.3) is 5.91 Å². The quantitative estimate of drug-likeness (QED) is 0.783. The molecular weight excluding hydrogens is 362 g/mol. The standard InChI is InChI=1S/C21H27NO4S/c1-6-20(17-7-9-19(10-8-17)27(5,24)25)22-21(23)16(4)26-18-12-14(2)11-15(3)13-18/h7-13,16,20H,6H2,1-5H3,(H,22,23). The molecule has 0 bridgehead atoms. The lowest BCUT2D eigenvalue weighted by Gasteiger charge is -2.21. The van der Waals surface area contributed by atoms with Crippen molar-refractivity contribution in [3.05, 3.63) is 59.2 Å². The van der Waals surface area contributed by atoms with Gasteiger partial charge in [0.1, 0.15) is 5.75 Å². The van der Waals surface area contributed by atoms with Crippen LogP contribution in [0.4, 0.5) is 0 Å². The van der Waals surface area contributed by atoms with E-state index >= 15 is 0 Å². The van der Waals surface area contributed by atoms with E-state index < -0.39 is 15.9 Å². The maximum atomic E-state index is 12.6. The number of aryl methyl sites for hydroxylation is 2. The first-order chi connectivity index (χ1) is 12.6. The highest BCUT2D eigenvalue weighted by Gasteiger charge is 2.20. The van der Waals surface area contributed by atoms with Crippen molar-refractivity contribution in [1.29, 1.82) is 0 Å². The zero-order chi connectivity index (χ0) is 20.2. The lowest BCUT2D eigenvalue weighted by atomic mass is 10.0. The molecule has 0 aliphatic carbocycles. The largest absolute Gasteiger partial charge is 0.481 e. The minimum absolute atomic E-state index is 0.212. The molecule has 0 heterocycles. The first kappa shape index (κ1) is 21.0. The second-order valence-corrected chi connectivity index (χ2v) is 8.91. The third-order valence-electron chi connectivity index (χ3n) is 4.31. The van der Waals surface area contributed by atoms with E-state index in [0.717, 1.165) is 16.7 Å². The van der Waals surface area contributed by atoms with Gasteiger partial charge in [0.15, 0.2) is 15.9 Å². The normalized spacial score (nSPS) is 13.7. The molecule has 6 heteroatoms. The molecule has 0 saturated carbocycles. The van der Waals surface area contributed by atoms with Gasteiger partial charge in [-0.15, -0.1) is 0 Å². The third kappa shape index (κ3) is 5.82. The summed E-state index contributed by atoms with van der Waals surface area (Å²) in [6.45, 7) is 7.65. The summed E-state index contributed by atoms with van der Waals surface area (Å²) in [5.41, 5.74) is 3.02. The Morgan fingerprint density at radius 3 is 2.11 bits per heavy atom. The number of hydrogen-bond acceptors (Lipinski definition) is 4. The third-order valence-corrected chi connectivity index (χ3v) is 5.44. The SMILES string of the molecule is CCC(NC(=O)C(C)Oc1cc(C)cc(C)c1)c1ccc(S(C)(=O)=O)cc1. The summed E-state index contributed by atoms with van der Waals surface area (Å²) in [5.74, 6) is 0.453. The van der Waals surface area contributed by atoms with Gasteiger partial charge in [-0.1, -0.05) is 25.1 Å². The molecule has 2 unspecified atom stereocenters. The zero-order valence-electron chi connectivity index (χ0n) is 16.4. The number of amides is 1. The molecular formula is C21H27NO4S. The van der Waals surface area contributed by atoms with Crippen LogP contribution in [-0.4, -0.2) is 26.7 Å². The number of rotatable bonds is 7. The van der Waals surface area contributed by atoms with Crippen LogP contribution in [0, 0.1) is 13.8 Å². The van der Waals surface area contributed by atoms with Crippen LogP contribution in [0.3, 0.4) is 0 Å². The Morgan fingerprint density at radius 1 is 1.07 bits per heavy atom. The number of benzene rings is 2. The maximum absolute atomic E-state index is 12.6. The first-order valence-corrected chi connectivity index (χ1v) is 10.8. The van der Waals surface area contributed by atoms with Crippen LogP contribution < -0.4 is 10.1 Å². The predicted octanol–water partition coefficient (Wildman–Crippen LogP) is 3.74. The fourth-order valence-electron chi connectivity index (χ4n) is 2.92. The van der Waals surface area contributed by atoms with E-state index in [1.807, 2.05) is 39.0 Å². The summed E-state index contributed by atoms with van der Waals surface area (Å²) in [4.78, 5) is 12.8. The van der Waals surface area contributed by atoms with E-state index in [1.165, 1.54) is 6.26 Å². The number of sulfone groups is 1. The minimum Gasteiger partial charge on any atom is -0.481 e. The smallest absolute Gasteiger partial charge is 0.261 e. The topological polar surface area (TPSA) is 72.5 Å². The van der Waals surface area contributed by atoms with Crippen molar-refractivity contribution in [2.24, 2.45) is 0 Å². The maximum Gasteiger partial charge on any atom is 0.261 e. The van der Waals surface area contributed by atoms with Gasteiger partial charge in [-0.3, -0.25) is 4.79 Å². The van der Waals surface area contributed by atoms with E-state index in [1.54, 1.807) is 31.2 Å². The molecule has 2 atom stereocenters. The van der Waals surface area contributed by atoms with Gasteiger partial charge in [-0.25, -0.2) is 8.42 Å². The molecule has 2 aromatic rings. The average molecular weight is 390 g/mol. The predicted molar refractivity (Wildman–Crippen MR) is 107 cm³/mol. The molecule has 1 amide bonds. The van der Waals surface area contributed by atoms with Crippen molar-refractivity contribution in [2.45, 2.75) is 51.2 Å². The number of nitrogens with one attached hydrogen (secondary N) is 1. The molecule has 2 aromatic carbocycles. The average Bonchev–Trinajstić information content (AvgIpc) is 2.57. The van der Waals surface area contributed by atoms with Crippen LogP contribution in [0.25, 0.3) is 0 Å². The summed E-state index contributed by atoms with van der Waals surface area (Å²) in [5, 5.41) is 2.98. The Labute approximate surface area is 161 Å². The van der Waals surface area contributed by atoms with Gasteiger partial charge in [0.05, 0.1) is 10.9 Å². The number of carbonyl (C=O) groups excluding carboxylic acids is 1. The van der Waals surface area contributed by atoms with Crippen LogP contribution in [-0.2, 0) is 14.6 Å². The van der Waals surface area contributed by atoms with Crippen molar-refractivity contribution < 1.29 is 17.9 Å². The van der Waals surface area contributed by atoms with Gasteiger partial charge in [0, 0.05) is 6.26 Å². The molecule has 1 N–H and O–H groups in total. The highest BCUT2D eigenvalue weighted by molar-refractivity contribution is 7.90. The van der Waals surface area contributed by atoms with Crippen molar-refractivity contribution >= 4 is 15.7 Å². The molecule has 0 fully saturated rings. The van der Waals surface area contributed by atoms with Gasteiger partial charge in [0.2, 0.25) is 0 Å². The minimum atomic E-state index is -3.24. The lowest BCUT2D eigenvalue weighted by molar-refractivity contribution is -0.128. The van der Waals surface area contributed by atoms with E-state index in [-0.39, 0.29) is 16.8 Å². The van der Waals surface area contributed by atoms with Crippen molar-refractivity contribution in [3.8, 4) is 5.75 Å². The molecule has 0 aliphatic heterocycles. The van der Waals surface area contributed by atoms with Crippen molar-refractivity contribution in [2.75, 3.05) is 6.26 Å². The molecule has 146 valence electrons. The van der Waals surface area contributed by atoms with Gasteiger partial charge < -0.3 is 10.1 Å². The fourth-order valence-corrected chi connectivity index (χ4v) is 3.55. The lowest BCUT2D eigenvalue weighted by Crippen LogP contribution is -2.38.